The summed E-state index contributed by atoms with van der Waals surface area (Å²) in [5.41, 5.74) is 1.96. The molecule has 0 amide bonds. The maximum absolute atomic E-state index is 13.9. The standard InChI is InChI=1S/C18H25FO2/c1-3-5-6-7-16-10-8-15(13-21-16)14-9-11-18(20-4-2)17(19)12-14/h9,11-13,16H,3-8,10H2,1-2H3. The Bertz CT molecular complexity index is 482. The van der Waals surface area contributed by atoms with Crippen molar-refractivity contribution in [1.82, 2.24) is 0 Å². The highest BCUT2D eigenvalue weighted by Crippen LogP contribution is 2.30. The highest BCUT2D eigenvalue weighted by molar-refractivity contribution is 5.65. The van der Waals surface area contributed by atoms with Gasteiger partial charge < -0.3 is 9.47 Å². The number of halogens is 1. The highest BCUT2D eigenvalue weighted by atomic mass is 19.1. The van der Waals surface area contributed by atoms with Gasteiger partial charge in [0.15, 0.2) is 11.6 Å². The van der Waals surface area contributed by atoms with Crippen LogP contribution in [0, 0.1) is 5.82 Å². The van der Waals surface area contributed by atoms with Crippen molar-refractivity contribution in [2.75, 3.05) is 6.61 Å². The summed E-state index contributed by atoms with van der Waals surface area (Å²) < 4.78 is 24.9. The molecular weight excluding hydrogens is 267 g/mol. The normalized spacial score (nSPS) is 18.0. The summed E-state index contributed by atoms with van der Waals surface area (Å²) in [5, 5.41) is 0. The van der Waals surface area contributed by atoms with Gasteiger partial charge in [0, 0.05) is 0 Å². The molecule has 21 heavy (non-hydrogen) atoms. The summed E-state index contributed by atoms with van der Waals surface area (Å²) in [6.07, 6.45) is 8.95. The van der Waals surface area contributed by atoms with Gasteiger partial charge >= 0.3 is 0 Å². The maximum Gasteiger partial charge on any atom is 0.165 e. The molecule has 3 heteroatoms. The van der Waals surface area contributed by atoms with Crippen molar-refractivity contribution in [1.29, 1.82) is 0 Å². The van der Waals surface area contributed by atoms with Crippen molar-refractivity contribution in [3.05, 3.63) is 35.8 Å². The van der Waals surface area contributed by atoms with Crippen molar-refractivity contribution >= 4 is 5.57 Å². The molecule has 1 aliphatic rings. The van der Waals surface area contributed by atoms with Gasteiger partial charge in [0.25, 0.3) is 0 Å². The van der Waals surface area contributed by atoms with Crippen LogP contribution in [-0.2, 0) is 4.74 Å². The van der Waals surface area contributed by atoms with E-state index in [1.807, 2.05) is 19.3 Å². The average Bonchev–Trinajstić information content (AvgIpc) is 2.50. The number of ether oxygens (including phenoxy) is 2. The molecule has 2 rings (SSSR count). The minimum atomic E-state index is -0.305. The number of benzene rings is 1. The first kappa shape index (κ1) is 15.9. The Morgan fingerprint density at radius 1 is 1.29 bits per heavy atom. The van der Waals surface area contributed by atoms with Gasteiger partial charge in [-0.05, 0) is 55.9 Å². The van der Waals surface area contributed by atoms with Gasteiger partial charge in [0.05, 0.1) is 19.0 Å². The predicted octanol–water partition coefficient (Wildman–Crippen LogP) is 5.32. The minimum absolute atomic E-state index is 0.305. The first-order valence-corrected chi connectivity index (χ1v) is 8.01. The molecule has 0 bridgehead atoms. The van der Waals surface area contributed by atoms with Crippen LogP contribution in [0.5, 0.6) is 5.75 Å². The molecule has 0 saturated heterocycles. The van der Waals surface area contributed by atoms with Crippen LogP contribution in [0.4, 0.5) is 4.39 Å². The van der Waals surface area contributed by atoms with E-state index in [0.29, 0.717) is 18.5 Å². The molecule has 0 aliphatic carbocycles. The lowest BCUT2D eigenvalue weighted by atomic mass is 9.96. The Morgan fingerprint density at radius 3 is 2.76 bits per heavy atom. The summed E-state index contributed by atoms with van der Waals surface area (Å²) in [6.45, 7) is 4.53. The van der Waals surface area contributed by atoms with E-state index in [4.69, 9.17) is 9.47 Å². The molecule has 1 aromatic carbocycles. The summed E-state index contributed by atoms with van der Waals surface area (Å²) >= 11 is 0. The van der Waals surface area contributed by atoms with E-state index in [9.17, 15) is 4.39 Å². The first-order valence-electron chi connectivity index (χ1n) is 8.01. The van der Waals surface area contributed by atoms with E-state index in [0.717, 1.165) is 30.4 Å². The lowest BCUT2D eigenvalue weighted by Gasteiger charge is -2.23. The smallest absolute Gasteiger partial charge is 0.165 e. The third-order valence-electron chi connectivity index (χ3n) is 3.87. The third-order valence-corrected chi connectivity index (χ3v) is 3.87. The molecular formula is C18H25FO2. The van der Waals surface area contributed by atoms with E-state index in [-0.39, 0.29) is 5.82 Å². The van der Waals surface area contributed by atoms with Crippen LogP contribution in [0.1, 0.15) is 57.9 Å². The van der Waals surface area contributed by atoms with Crippen molar-refractivity contribution < 1.29 is 13.9 Å². The van der Waals surface area contributed by atoms with Gasteiger partial charge in [-0.25, -0.2) is 4.39 Å². The molecule has 0 spiro atoms. The first-order chi connectivity index (χ1) is 10.2. The molecule has 0 radical (unpaired) electrons. The molecule has 0 aromatic heterocycles. The zero-order chi connectivity index (χ0) is 15.1. The molecule has 0 saturated carbocycles. The predicted molar refractivity (Wildman–Crippen MR) is 83.8 cm³/mol. The Hall–Kier alpha value is -1.51. The second-order valence-corrected chi connectivity index (χ2v) is 5.51. The van der Waals surface area contributed by atoms with Crippen molar-refractivity contribution in [3.8, 4) is 5.75 Å². The topological polar surface area (TPSA) is 18.5 Å². The molecule has 0 N–H and O–H groups in total. The molecule has 1 aliphatic heterocycles. The molecule has 1 unspecified atom stereocenters. The summed E-state index contributed by atoms with van der Waals surface area (Å²) in [6, 6.07) is 5.14. The van der Waals surface area contributed by atoms with Gasteiger partial charge in [-0.15, -0.1) is 0 Å². The SMILES string of the molecule is CCCCCC1CCC(c2ccc(OCC)c(F)c2)=CO1. The van der Waals surface area contributed by atoms with Gasteiger partial charge in [0.1, 0.15) is 0 Å². The van der Waals surface area contributed by atoms with Crippen LogP contribution >= 0.6 is 0 Å². The van der Waals surface area contributed by atoms with E-state index in [1.165, 1.54) is 25.3 Å². The molecule has 0 fully saturated rings. The van der Waals surface area contributed by atoms with E-state index >= 15 is 0 Å². The Labute approximate surface area is 127 Å². The number of allylic oxidation sites excluding steroid dienone is 1. The molecule has 1 atom stereocenters. The minimum Gasteiger partial charge on any atom is -0.498 e. The fraction of sp³-hybridized carbons (Fsp3) is 0.556. The lowest BCUT2D eigenvalue weighted by Crippen LogP contribution is -2.14. The quantitative estimate of drug-likeness (QED) is 0.633. The zero-order valence-corrected chi connectivity index (χ0v) is 13.0. The Balaban J connectivity index is 1.95. The monoisotopic (exact) mass is 292 g/mol. The van der Waals surface area contributed by atoms with Gasteiger partial charge in [-0.3, -0.25) is 0 Å². The molecule has 1 heterocycles. The number of unbranched alkanes of at least 4 members (excludes halogenated alkanes) is 2. The van der Waals surface area contributed by atoms with Crippen molar-refractivity contribution in [2.45, 2.75) is 58.5 Å². The molecule has 1 aromatic rings. The second kappa shape index (κ2) is 8.06. The number of hydrogen-bond acceptors (Lipinski definition) is 2. The summed E-state index contributed by atoms with van der Waals surface area (Å²) in [7, 11) is 0. The van der Waals surface area contributed by atoms with Gasteiger partial charge in [0.2, 0.25) is 0 Å². The van der Waals surface area contributed by atoms with E-state index in [2.05, 4.69) is 6.92 Å². The number of hydrogen-bond donors (Lipinski definition) is 0. The molecule has 116 valence electrons. The summed E-state index contributed by atoms with van der Waals surface area (Å²) in [4.78, 5) is 0. The maximum atomic E-state index is 13.9. The largest absolute Gasteiger partial charge is 0.498 e. The third kappa shape index (κ3) is 4.48. The van der Waals surface area contributed by atoms with Crippen LogP contribution < -0.4 is 4.74 Å². The zero-order valence-electron chi connectivity index (χ0n) is 13.0. The Kier molecular flexibility index (Phi) is 6.09. The lowest BCUT2D eigenvalue weighted by molar-refractivity contribution is 0.116. The highest BCUT2D eigenvalue weighted by Gasteiger charge is 2.17. The average molecular weight is 292 g/mol. The van der Waals surface area contributed by atoms with E-state index in [1.54, 1.807) is 6.07 Å². The van der Waals surface area contributed by atoms with Crippen LogP contribution in [0.3, 0.4) is 0 Å². The van der Waals surface area contributed by atoms with Crippen LogP contribution in [0.2, 0.25) is 0 Å². The fourth-order valence-corrected chi connectivity index (χ4v) is 2.64. The second-order valence-electron chi connectivity index (χ2n) is 5.51. The van der Waals surface area contributed by atoms with Gasteiger partial charge in [-0.1, -0.05) is 25.8 Å². The van der Waals surface area contributed by atoms with Gasteiger partial charge in [-0.2, -0.15) is 0 Å². The molecule has 2 nitrogen and oxygen atoms in total. The number of rotatable bonds is 7. The van der Waals surface area contributed by atoms with Crippen molar-refractivity contribution in [3.63, 3.8) is 0 Å². The summed E-state index contributed by atoms with van der Waals surface area (Å²) in [5.74, 6) is 0.0105. The van der Waals surface area contributed by atoms with Crippen LogP contribution in [0.25, 0.3) is 5.57 Å². The van der Waals surface area contributed by atoms with E-state index < -0.39 is 0 Å². The van der Waals surface area contributed by atoms with Crippen LogP contribution in [-0.4, -0.2) is 12.7 Å². The Morgan fingerprint density at radius 2 is 2.14 bits per heavy atom. The fourth-order valence-electron chi connectivity index (χ4n) is 2.64. The van der Waals surface area contributed by atoms with Crippen molar-refractivity contribution in [2.24, 2.45) is 0 Å². The van der Waals surface area contributed by atoms with Crippen LogP contribution in [0.15, 0.2) is 24.5 Å².